The van der Waals surface area contributed by atoms with E-state index in [4.69, 9.17) is 14.2 Å². The number of nitro groups is 1. The summed E-state index contributed by atoms with van der Waals surface area (Å²) in [5, 5.41) is 11.7. The van der Waals surface area contributed by atoms with E-state index in [0.717, 1.165) is 16.9 Å². The van der Waals surface area contributed by atoms with E-state index < -0.39 is 22.5 Å². The predicted molar refractivity (Wildman–Crippen MR) is 162 cm³/mol. The molecule has 3 aromatic carbocycles. The zero-order valence-corrected chi connectivity index (χ0v) is 24.8. The molecule has 4 aromatic rings. The maximum atomic E-state index is 13.9. The molecular formula is C32H29N3O7S. The Balaban J connectivity index is 1.59. The molecule has 0 amide bonds. The van der Waals surface area contributed by atoms with Crippen LogP contribution in [0.4, 0.5) is 5.69 Å². The molecule has 0 N–H and O–H groups in total. The van der Waals surface area contributed by atoms with Gasteiger partial charge in [-0.1, -0.05) is 59.9 Å². The summed E-state index contributed by atoms with van der Waals surface area (Å²) in [7, 11) is 1.54. The quantitative estimate of drug-likeness (QED) is 0.157. The summed E-state index contributed by atoms with van der Waals surface area (Å²) in [6.45, 7) is 5.47. The van der Waals surface area contributed by atoms with Gasteiger partial charge in [-0.25, -0.2) is 9.79 Å². The second-order valence-electron chi connectivity index (χ2n) is 9.79. The smallest absolute Gasteiger partial charge is 0.338 e. The Bertz CT molecular complexity index is 1930. The van der Waals surface area contributed by atoms with Crippen molar-refractivity contribution in [3.63, 3.8) is 0 Å². The molecule has 0 bridgehead atoms. The van der Waals surface area contributed by atoms with Gasteiger partial charge >= 0.3 is 5.97 Å². The number of rotatable bonds is 9. The van der Waals surface area contributed by atoms with Crippen LogP contribution in [0, 0.1) is 17.0 Å². The van der Waals surface area contributed by atoms with E-state index in [-0.39, 0.29) is 17.9 Å². The monoisotopic (exact) mass is 599 g/mol. The Labute approximate surface area is 251 Å². The molecule has 220 valence electrons. The molecule has 0 saturated carbocycles. The van der Waals surface area contributed by atoms with Gasteiger partial charge in [0, 0.05) is 11.6 Å². The van der Waals surface area contributed by atoms with E-state index in [1.54, 1.807) is 58.2 Å². The highest BCUT2D eigenvalue weighted by molar-refractivity contribution is 7.07. The molecule has 10 nitrogen and oxygen atoms in total. The van der Waals surface area contributed by atoms with Crippen LogP contribution in [0.3, 0.4) is 0 Å². The summed E-state index contributed by atoms with van der Waals surface area (Å²) in [6.07, 6.45) is 1.71. The SMILES string of the molecule is CCOC(=O)C1=C(C)N=c2s/c(=C/c3ccc(OCc4ccccc4)c(OC)c3)c(=O)n2[C@H]1c1ccc(C)c([N+](=O)[O-])c1. The summed E-state index contributed by atoms with van der Waals surface area (Å²) in [5.41, 5.74) is 2.60. The number of nitro benzene ring substituents is 1. The van der Waals surface area contributed by atoms with Gasteiger partial charge in [-0.2, -0.15) is 0 Å². The number of thiazole rings is 1. The molecule has 0 radical (unpaired) electrons. The highest BCUT2D eigenvalue weighted by atomic mass is 32.1. The van der Waals surface area contributed by atoms with Gasteiger partial charge in [0.25, 0.3) is 11.2 Å². The fourth-order valence-corrected chi connectivity index (χ4v) is 5.93. The van der Waals surface area contributed by atoms with Crippen molar-refractivity contribution in [3.05, 3.63) is 130 Å². The molecule has 1 atom stereocenters. The van der Waals surface area contributed by atoms with Crippen LogP contribution in [0.15, 0.2) is 87.8 Å². The molecule has 0 aliphatic carbocycles. The van der Waals surface area contributed by atoms with Crippen molar-refractivity contribution in [2.45, 2.75) is 33.4 Å². The second-order valence-corrected chi connectivity index (χ2v) is 10.8. The van der Waals surface area contributed by atoms with Crippen LogP contribution in [0.1, 0.15) is 42.1 Å². The number of benzene rings is 3. The van der Waals surface area contributed by atoms with Gasteiger partial charge in [-0.05, 0) is 55.7 Å². The number of esters is 1. The summed E-state index contributed by atoms with van der Waals surface area (Å²) in [6, 6.07) is 18.9. The third kappa shape index (κ3) is 5.98. The fraction of sp³-hybridized carbons (Fsp3) is 0.219. The number of hydrogen-bond acceptors (Lipinski definition) is 9. The highest BCUT2D eigenvalue weighted by Crippen LogP contribution is 2.34. The van der Waals surface area contributed by atoms with Crippen molar-refractivity contribution in [2.24, 2.45) is 4.99 Å². The van der Waals surface area contributed by atoms with Crippen LogP contribution < -0.4 is 24.4 Å². The number of hydrogen-bond donors (Lipinski definition) is 0. The van der Waals surface area contributed by atoms with Gasteiger partial charge in [-0.15, -0.1) is 0 Å². The Kier molecular flexibility index (Phi) is 8.53. The van der Waals surface area contributed by atoms with Crippen LogP contribution in [-0.2, 0) is 16.1 Å². The van der Waals surface area contributed by atoms with Crippen molar-refractivity contribution < 1.29 is 23.9 Å². The maximum Gasteiger partial charge on any atom is 0.338 e. The second kappa shape index (κ2) is 12.5. The largest absolute Gasteiger partial charge is 0.493 e. The summed E-state index contributed by atoms with van der Waals surface area (Å²) in [4.78, 5) is 43.2. The van der Waals surface area contributed by atoms with Crippen molar-refractivity contribution in [2.75, 3.05) is 13.7 Å². The summed E-state index contributed by atoms with van der Waals surface area (Å²) < 4.78 is 18.6. The minimum Gasteiger partial charge on any atom is -0.493 e. The maximum absolute atomic E-state index is 13.9. The molecule has 43 heavy (non-hydrogen) atoms. The molecule has 11 heteroatoms. The van der Waals surface area contributed by atoms with E-state index in [9.17, 15) is 19.7 Å². The fourth-order valence-electron chi connectivity index (χ4n) is 4.88. The van der Waals surface area contributed by atoms with E-state index in [0.29, 0.717) is 49.8 Å². The lowest BCUT2D eigenvalue weighted by atomic mass is 9.94. The lowest BCUT2D eigenvalue weighted by molar-refractivity contribution is -0.385. The number of aryl methyl sites for hydroxylation is 1. The molecule has 0 saturated heterocycles. The first-order valence-corrected chi connectivity index (χ1v) is 14.3. The first-order chi connectivity index (χ1) is 20.7. The van der Waals surface area contributed by atoms with Gasteiger partial charge in [0.15, 0.2) is 16.3 Å². The first kappa shape index (κ1) is 29.5. The predicted octanol–water partition coefficient (Wildman–Crippen LogP) is 4.60. The summed E-state index contributed by atoms with van der Waals surface area (Å²) >= 11 is 1.16. The Morgan fingerprint density at radius 1 is 1.09 bits per heavy atom. The molecule has 2 heterocycles. The van der Waals surface area contributed by atoms with Crippen molar-refractivity contribution >= 4 is 29.1 Å². The number of carbonyl (C=O) groups is 1. The third-order valence-corrected chi connectivity index (χ3v) is 7.97. The molecule has 1 aliphatic heterocycles. The number of nitrogens with zero attached hydrogens (tertiary/aromatic N) is 3. The van der Waals surface area contributed by atoms with Crippen LogP contribution in [-0.4, -0.2) is 29.2 Å². The minimum absolute atomic E-state index is 0.112. The first-order valence-electron chi connectivity index (χ1n) is 13.5. The number of ether oxygens (including phenoxy) is 3. The number of allylic oxidation sites excluding steroid dienone is 1. The number of carbonyl (C=O) groups excluding carboxylic acids is 1. The van der Waals surface area contributed by atoms with Gasteiger partial charge in [0.1, 0.15) is 6.61 Å². The molecule has 0 spiro atoms. The van der Waals surface area contributed by atoms with Crippen molar-refractivity contribution in [3.8, 4) is 11.5 Å². The molecule has 1 aromatic heterocycles. The van der Waals surface area contributed by atoms with Crippen molar-refractivity contribution in [1.82, 2.24) is 4.57 Å². The van der Waals surface area contributed by atoms with E-state index in [2.05, 4.69) is 4.99 Å². The standard InChI is InChI=1S/C32H29N3O7S/c1-5-41-31(37)28-20(3)33-32-34(29(28)23-13-11-19(2)24(17-23)35(38)39)30(36)27(43-32)16-22-12-14-25(26(15-22)40-4)42-18-21-9-7-6-8-10-21/h6-17,29H,5,18H2,1-4H3/b27-16+/t29-/m0/s1. The molecule has 5 rings (SSSR count). The molecule has 0 fully saturated rings. The number of fused-ring (bicyclic) bond motifs is 1. The van der Waals surface area contributed by atoms with E-state index in [1.165, 1.54) is 10.6 Å². The zero-order valence-electron chi connectivity index (χ0n) is 24.0. The Morgan fingerprint density at radius 3 is 2.56 bits per heavy atom. The van der Waals surface area contributed by atoms with Gasteiger partial charge < -0.3 is 14.2 Å². The lowest BCUT2D eigenvalue weighted by Gasteiger charge is -2.24. The van der Waals surface area contributed by atoms with Gasteiger partial charge in [0.2, 0.25) is 0 Å². The zero-order chi connectivity index (χ0) is 30.7. The molecule has 0 unspecified atom stereocenters. The minimum atomic E-state index is -0.958. The summed E-state index contributed by atoms with van der Waals surface area (Å²) in [5.74, 6) is 0.422. The average Bonchev–Trinajstić information content (AvgIpc) is 3.30. The average molecular weight is 600 g/mol. The Hall–Kier alpha value is -5.03. The van der Waals surface area contributed by atoms with Crippen molar-refractivity contribution in [1.29, 1.82) is 0 Å². The Morgan fingerprint density at radius 2 is 1.86 bits per heavy atom. The normalized spacial score (nSPS) is 14.6. The molecule has 1 aliphatic rings. The van der Waals surface area contributed by atoms with Crippen LogP contribution >= 0.6 is 11.3 Å². The van der Waals surface area contributed by atoms with Crippen LogP contribution in [0.2, 0.25) is 0 Å². The topological polar surface area (TPSA) is 122 Å². The third-order valence-electron chi connectivity index (χ3n) is 6.99. The van der Waals surface area contributed by atoms with E-state index >= 15 is 0 Å². The van der Waals surface area contributed by atoms with Gasteiger partial charge in [-0.3, -0.25) is 19.5 Å². The molecular weight excluding hydrogens is 570 g/mol. The number of aromatic nitrogens is 1. The van der Waals surface area contributed by atoms with Crippen LogP contribution in [0.5, 0.6) is 11.5 Å². The van der Waals surface area contributed by atoms with E-state index in [1.807, 2.05) is 36.4 Å². The number of methoxy groups -OCH3 is 1. The van der Waals surface area contributed by atoms with Gasteiger partial charge in [0.05, 0.1) is 40.5 Å². The van der Waals surface area contributed by atoms with Crippen LogP contribution in [0.25, 0.3) is 6.08 Å². The lowest BCUT2D eigenvalue weighted by Crippen LogP contribution is -2.40. The highest BCUT2D eigenvalue weighted by Gasteiger charge is 2.34.